The second-order valence-electron chi connectivity index (χ2n) is 2.89. The third-order valence-electron chi connectivity index (χ3n) is 2.10. The normalized spacial score (nSPS) is 28.1. The van der Waals surface area contributed by atoms with Crippen LogP contribution in [-0.4, -0.2) is 0 Å². The van der Waals surface area contributed by atoms with Crippen LogP contribution in [0.2, 0.25) is 0 Å². The molecule has 9 heavy (non-hydrogen) atoms. The van der Waals surface area contributed by atoms with Crippen molar-refractivity contribution in [2.24, 2.45) is 5.92 Å². The molecule has 0 unspecified atom stereocenters. The van der Waals surface area contributed by atoms with E-state index in [1.54, 1.807) is 11.1 Å². The van der Waals surface area contributed by atoms with Crippen LogP contribution < -0.4 is 18.9 Å². The Morgan fingerprint density at radius 2 is 2.11 bits per heavy atom. The molecule has 0 heterocycles. The van der Waals surface area contributed by atoms with Crippen LogP contribution in [0, 0.1) is 12.3 Å². The maximum Gasteiger partial charge on any atom is 1.00 e. The van der Waals surface area contributed by atoms with Crippen LogP contribution in [0.25, 0.3) is 0 Å². The first kappa shape index (κ1) is 7.32. The van der Waals surface area contributed by atoms with Crippen molar-refractivity contribution in [3.8, 4) is 0 Å². The molecular formula is C8H11Li. The molecule has 0 nitrogen and oxygen atoms in total. The zero-order valence-electron chi connectivity index (χ0n) is 6.28. The van der Waals surface area contributed by atoms with E-state index in [2.05, 4.69) is 13.3 Å². The smallest absolute Gasteiger partial charge is 0.227 e. The molecule has 0 N–H and O–H groups in total. The summed E-state index contributed by atoms with van der Waals surface area (Å²) in [5, 5.41) is 0. The van der Waals surface area contributed by atoms with Gasteiger partial charge in [-0.05, 0) is 0 Å². The molecule has 1 heteroatoms. The Morgan fingerprint density at radius 3 is 2.44 bits per heavy atom. The van der Waals surface area contributed by atoms with Gasteiger partial charge in [0.1, 0.15) is 0 Å². The van der Waals surface area contributed by atoms with E-state index in [9.17, 15) is 0 Å². The number of rotatable bonds is 1. The van der Waals surface area contributed by atoms with Crippen LogP contribution in [0.15, 0.2) is 11.1 Å². The molecule has 2 aliphatic rings. The topological polar surface area (TPSA) is 0 Å². The molecule has 2 rings (SSSR count). The third kappa shape index (κ3) is 1.57. The summed E-state index contributed by atoms with van der Waals surface area (Å²) in [6.45, 7) is 2.29. The van der Waals surface area contributed by atoms with E-state index in [1.165, 1.54) is 19.3 Å². The van der Waals surface area contributed by atoms with Crippen LogP contribution in [0.4, 0.5) is 0 Å². The summed E-state index contributed by atoms with van der Waals surface area (Å²) in [7, 11) is 0. The van der Waals surface area contributed by atoms with Crippen LogP contribution in [-0.2, 0) is 0 Å². The van der Waals surface area contributed by atoms with Gasteiger partial charge in [0.25, 0.3) is 0 Å². The summed E-state index contributed by atoms with van der Waals surface area (Å²) in [6.07, 6.45) is 6.54. The van der Waals surface area contributed by atoms with E-state index >= 15 is 0 Å². The first-order valence-corrected chi connectivity index (χ1v) is 3.41. The van der Waals surface area contributed by atoms with Gasteiger partial charge in [-0.3, -0.25) is 0 Å². The summed E-state index contributed by atoms with van der Waals surface area (Å²) in [6, 6.07) is 0. The minimum Gasteiger partial charge on any atom is -0.227 e. The number of hydrogen-bond acceptors (Lipinski definition) is 0. The fraction of sp³-hybridized carbons (Fsp3) is 0.625. The molecular weight excluding hydrogens is 103 g/mol. The van der Waals surface area contributed by atoms with Crippen LogP contribution in [0.1, 0.15) is 26.2 Å². The molecule has 2 saturated carbocycles. The van der Waals surface area contributed by atoms with Gasteiger partial charge in [-0.1, -0.05) is 18.8 Å². The second-order valence-corrected chi connectivity index (χ2v) is 2.89. The average Bonchev–Trinajstić information content (AvgIpc) is 2.63. The zero-order valence-corrected chi connectivity index (χ0v) is 6.28. The minimum atomic E-state index is 0. The van der Waals surface area contributed by atoms with Gasteiger partial charge < -0.3 is 0 Å². The van der Waals surface area contributed by atoms with E-state index in [0.717, 1.165) is 5.92 Å². The summed E-state index contributed by atoms with van der Waals surface area (Å²) in [5.41, 5.74) is 3.33. The first-order valence-electron chi connectivity index (χ1n) is 3.41. The first-order chi connectivity index (χ1) is 3.88. The maximum atomic E-state index is 2.33. The van der Waals surface area contributed by atoms with Crippen molar-refractivity contribution >= 4 is 0 Å². The van der Waals surface area contributed by atoms with Crippen molar-refractivity contribution in [3.05, 3.63) is 17.6 Å². The maximum absolute atomic E-state index is 2.33. The molecule has 44 valence electrons. The van der Waals surface area contributed by atoms with Crippen molar-refractivity contribution in [2.45, 2.75) is 26.2 Å². The zero-order chi connectivity index (χ0) is 5.56. The Bertz CT molecular complexity index is 137. The fourth-order valence-corrected chi connectivity index (χ4v) is 1.15. The van der Waals surface area contributed by atoms with Gasteiger partial charge >= 0.3 is 18.9 Å². The Balaban J connectivity index is 0.000000405. The van der Waals surface area contributed by atoms with Crippen molar-refractivity contribution in [1.29, 1.82) is 0 Å². The van der Waals surface area contributed by atoms with E-state index in [4.69, 9.17) is 0 Å². The Labute approximate surface area is 68.9 Å². The van der Waals surface area contributed by atoms with Crippen molar-refractivity contribution in [2.75, 3.05) is 0 Å². The monoisotopic (exact) mass is 114 g/mol. The van der Waals surface area contributed by atoms with Gasteiger partial charge in [-0.15, -0.1) is 13.3 Å². The molecule has 0 radical (unpaired) electrons. The number of allylic oxidation sites excluding steroid dienone is 2. The molecule has 0 bridgehead atoms. The molecule has 2 aliphatic carbocycles. The summed E-state index contributed by atoms with van der Waals surface area (Å²) in [4.78, 5) is 0. The van der Waals surface area contributed by atoms with Gasteiger partial charge in [-0.25, -0.2) is 17.6 Å². The second kappa shape index (κ2) is 2.44. The van der Waals surface area contributed by atoms with Gasteiger partial charge in [0.05, 0.1) is 0 Å². The summed E-state index contributed by atoms with van der Waals surface area (Å²) >= 11 is 0. The Kier molecular flexibility index (Phi) is 1.99. The molecule has 0 aromatic heterocycles. The van der Waals surface area contributed by atoms with Crippen LogP contribution in [0.3, 0.4) is 0 Å². The van der Waals surface area contributed by atoms with Crippen molar-refractivity contribution in [1.82, 2.24) is 0 Å². The fourth-order valence-electron chi connectivity index (χ4n) is 1.15. The van der Waals surface area contributed by atoms with E-state index in [1.807, 2.05) is 0 Å². The minimum absolute atomic E-state index is 0. The van der Waals surface area contributed by atoms with E-state index in [-0.39, 0.29) is 18.9 Å². The van der Waals surface area contributed by atoms with Crippen LogP contribution in [0.5, 0.6) is 0 Å². The number of hydrogen-bond donors (Lipinski definition) is 0. The van der Waals surface area contributed by atoms with Crippen LogP contribution >= 0.6 is 0 Å². The average molecular weight is 114 g/mol. The van der Waals surface area contributed by atoms with Gasteiger partial charge in [0.15, 0.2) is 0 Å². The Hall–Kier alpha value is 0.207. The molecule has 0 saturated heterocycles. The van der Waals surface area contributed by atoms with E-state index < -0.39 is 0 Å². The quantitative estimate of drug-likeness (QED) is 0.313. The third-order valence-corrected chi connectivity index (χ3v) is 2.10. The standard InChI is InChI=1S/C8H11.Li/c1-6(7-2-3-7)8-4-5-8;/h2,8H,3-5H2,1H3;/q-1;+1. The van der Waals surface area contributed by atoms with Gasteiger partial charge in [0.2, 0.25) is 0 Å². The predicted molar refractivity (Wildman–Crippen MR) is 34.3 cm³/mol. The predicted octanol–water partition coefficient (Wildman–Crippen LogP) is -0.675. The molecule has 2 fully saturated rings. The van der Waals surface area contributed by atoms with Gasteiger partial charge in [0, 0.05) is 0 Å². The Morgan fingerprint density at radius 1 is 1.56 bits per heavy atom. The summed E-state index contributed by atoms with van der Waals surface area (Å²) in [5.74, 6) is 1.00. The molecule has 0 aliphatic heterocycles. The molecule has 0 atom stereocenters. The van der Waals surface area contributed by atoms with Crippen molar-refractivity contribution < 1.29 is 18.9 Å². The SMILES string of the molecule is CC(=C1[CH-]C1)C1CC1.[Li+]. The molecule has 0 spiro atoms. The molecule has 0 amide bonds. The van der Waals surface area contributed by atoms with Crippen molar-refractivity contribution in [3.63, 3.8) is 0 Å². The van der Waals surface area contributed by atoms with E-state index in [0.29, 0.717) is 0 Å². The van der Waals surface area contributed by atoms with Gasteiger partial charge in [-0.2, -0.15) is 0 Å². The largest absolute Gasteiger partial charge is 1.00 e. The summed E-state index contributed by atoms with van der Waals surface area (Å²) < 4.78 is 0. The molecule has 0 aromatic carbocycles. The molecule has 0 aromatic rings.